The van der Waals surface area contributed by atoms with Crippen LogP contribution in [0.3, 0.4) is 0 Å². The zero-order chi connectivity index (χ0) is 13.8. The summed E-state index contributed by atoms with van der Waals surface area (Å²) in [6, 6.07) is 11.5. The van der Waals surface area contributed by atoms with Crippen molar-refractivity contribution >= 4 is 34.6 Å². The van der Waals surface area contributed by atoms with Crippen LogP contribution in [0.1, 0.15) is 5.56 Å². The molecule has 2 aromatic carbocycles. The SMILES string of the molecule is O=[N+]([O-])c1ccc(NCc2ccc(Cl)cc2Cl)cc1. The summed E-state index contributed by atoms with van der Waals surface area (Å²) in [5.74, 6) is 0. The first-order valence-corrected chi connectivity index (χ1v) is 6.24. The van der Waals surface area contributed by atoms with E-state index in [1.807, 2.05) is 6.07 Å². The summed E-state index contributed by atoms with van der Waals surface area (Å²) < 4.78 is 0. The van der Waals surface area contributed by atoms with Crippen LogP contribution in [0.25, 0.3) is 0 Å². The topological polar surface area (TPSA) is 55.2 Å². The second-order valence-corrected chi connectivity index (χ2v) is 4.74. The second kappa shape index (κ2) is 5.91. The summed E-state index contributed by atoms with van der Waals surface area (Å²) in [5.41, 5.74) is 1.76. The minimum Gasteiger partial charge on any atom is -0.381 e. The molecule has 98 valence electrons. The van der Waals surface area contributed by atoms with Crippen LogP contribution in [0.5, 0.6) is 0 Å². The fraction of sp³-hybridized carbons (Fsp3) is 0.0769. The molecule has 0 aliphatic carbocycles. The Hall–Kier alpha value is -1.78. The number of non-ortho nitro benzene ring substituents is 1. The van der Waals surface area contributed by atoms with Crippen LogP contribution in [0.15, 0.2) is 42.5 Å². The summed E-state index contributed by atoms with van der Waals surface area (Å²) in [6.45, 7) is 0.522. The fourth-order valence-electron chi connectivity index (χ4n) is 1.56. The standard InChI is InChI=1S/C13H10Cl2N2O2/c14-10-2-1-9(13(15)7-10)8-16-11-3-5-12(6-4-11)17(18)19/h1-7,16H,8H2. The molecular weight excluding hydrogens is 287 g/mol. The van der Waals surface area contributed by atoms with Gasteiger partial charge in [0.05, 0.1) is 4.92 Å². The monoisotopic (exact) mass is 296 g/mol. The zero-order valence-corrected chi connectivity index (χ0v) is 11.3. The summed E-state index contributed by atoms with van der Waals surface area (Å²) in [7, 11) is 0. The van der Waals surface area contributed by atoms with Gasteiger partial charge in [0.15, 0.2) is 0 Å². The molecule has 0 saturated carbocycles. The summed E-state index contributed by atoms with van der Waals surface area (Å²) in [6.07, 6.45) is 0. The number of hydrogen-bond acceptors (Lipinski definition) is 3. The maximum absolute atomic E-state index is 10.5. The molecule has 0 saturated heterocycles. The quantitative estimate of drug-likeness (QED) is 0.667. The lowest BCUT2D eigenvalue weighted by Gasteiger charge is -2.08. The van der Waals surface area contributed by atoms with Crippen molar-refractivity contribution in [1.82, 2.24) is 0 Å². The largest absolute Gasteiger partial charge is 0.381 e. The van der Waals surface area contributed by atoms with Gasteiger partial charge in [-0.3, -0.25) is 10.1 Å². The highest BCUT2D eigenvalue weighted by molar-refractivity contribution is 6.35. The van der Waals surface area contributed by atoms with Gasteiger partial charge in [-0.25, -0.2) is 0 Å². The van der Waals surface area contributed by atoms with Crippen molar-refractivity contribution in [3.05, 3.63) is 68.2 Å². The number of halogens is 2. The van der Waals surface area contributed by atoms with Crippen LogP contribution >= 0.6 is 23.2 Å². The van der Waals surface area contributed by atoms with Gasteiger partial charge < -0.3 is 5.32 Å². The van der Waals surface area contributed by atoms with Gasteiger partial charge in [-0.05, 0) is 29.8 Å². The molecule has 6 heteroatoms. The van der Waals surface area contributed by atoms with Gasteiger partial charge in [-0.15, -0.1) is 0 Å². The van der Waals surface area contributed by atoms with Crippen LogP contribution in [-0.2, 0) is 6.54 Å². The molecule has 2 rings (SSSR count). The van der Waals surface area contributed by atoms with E-state index in [-0.39, 0.29) is 5.69 Å². The Morgan fingerprint density at radius 2 is 1.79 bits per heavy atom. The third kappa shape index (κ3) is 3.59. The van der Waals surface area contributed by atoms with Gasteiger partial charge in [0.2, 0.25) is 0 Å². The van der Waals surface area contributed by atoms with Crippen LogP contribution in [-0.4, -0.2) is 4.92 Å². The highest BCUT2D eigenvalue weighted by Crippen LogP contribution is 2.22. The molecular formula is C13H10Cl2N2O2. The molecule has 0 aliphatic heterocycles. The first kappa shape index (κ1) is 13.6. The van der Waals surface area contributed by atoms with Crippen LogP contribution in [0.2, 0.25) is 10.0 Å². The van der Waals surface area contributed by atoms with Crippen LogP contribution in [0.4, 0.5) is 11.4 Å². The molecule has 0 aromatic heterocycles. The lowest BCUT2D eigenvalue weighted by atomic mass is 10.2. The molecule has 0 fully saturated rings. The van der Waals surface area contributed by atoms with Crippen molar-refractivity contribution in [2.24, 2.45) is 0 Å². The smallest absolute Gasteiger partial charge is 0.269 e. The Bertz CT molecular complexity index is 600. The van der Waals surface area contributed by atoms with E-state index in [2.05, 4.69) is 5.32 Å². The van der Waals surface area contributed by atoms with Crippen LogP contribution in [0, 0.1) is 10.1 Å². The molecule has 19 heavy (non-hydrogen) atoms. The van der Waals surface area contributed by atoms with Crippen molar-refractivity contribution in [2.75, 3.05) is 5.32 Å². The van der Waals surface area contributed by atoms with E-state index in [4.69, 9.17) is 23.2 Å². The maximum Gasteiger partial charge on any atom is 0.269 e. The van der Waals surface area contributed by atoms with E-state index in [9.17, 15) is 10.1 Å². The average Bonchev–Trinajstić information content (AvgIpc) is 2.38. The molecule has 0 bridgehead atoms. The molecule has 0 unspecified atom stereocenters. The Balaban J connectivity index is 2.04. The van der Waals surface area contributed by atoms with Gasteiger partial charge in [0, 0.05) is 34.4 Å². The summed E-state index contributed by atoms with van der Waals surface area (Å²) >= 11 is 11.9. The van der Waals surface area contributed by atoms with Gasteiger partial charge in [0.25, 0.3) is 5.69 Å². The highest BCUT2D eigenvalue weighted by atomic mass is 35.5. The number of nitro groups is 1. The number of anilines is 1. The molecule has 2 aromatic rings. The molecule has 0 spiro atoms. The first-order chi connectivity index (χ1) is 9.06. The van der Waals surface area contributed by atoms with E-state index in [0.29, 0.717) is 16.6 Å². The zero-order valence-electron chi connectivity index (χ0n) is 9.77. The number of rotatable bonds is 4. The maximum atomic E-state index is 10.5. The Morgan fingerprint density at radius 1 is 1.11 bits per heavy atom. The number of hydrogen-bond donors (Lipinski definition) is 1. The molecule has 1 N–H and O–H groups in total. The van der Waals surface area contributed by atoms with Crippen molar-refractivity contribution in [3.8, 4) is 0 Å². The lowest BCUT2D eigenvalue weighted by Crippen LogP contribution is -2.00. The highest BCUT2D eigenvalue weighted by Gasteiger charge is 2.04. The van der Waals surface area contributed by atoms with Crippen molar-refractivity contribution in [1.29, 1.82) is 0 Å². The predicted molar refractivity (Wildman–Crippen MR) is 76.9 cm³/mol. The third-order valence-electron chi connectivity index (χ3n) is 2.58. The summed E-state index contributed by atoms with van der Waals surface area (Å²) in [4.78, 5) is 10.1. The van der Waals surface area contributed by atoms with E-state index < -0.39 is 4.92 Å². The first-order valence-electron chi connectivity index (χ1n) is 5.48. The van der Waals surface area contributed by atoms with E-state index in [1.165, 1.54) is 12.1 Å². The Morgan fingerprint density at radius 3 is 2.37 bits per heavy atom. The van der Waals surface area contributed by atoms with Crippen molar-refractivity contribution in [2.45, 2.75) is 6.54 Å². The number of benzene rings is 2. The van der Waals surface area contributed by atoms with Crippen LogP contribution < -0.4 is 5.32 Å². The normalized spacial score (nSPS) is 10.2. The lowest BCUT2D eigenvalue weighted by molar-refractivity contribution is -0.384. The number of nitrogens with one attached hydrogen (secondary N) is 1. The Kier molecular flexibility index (Phi) is 4.24. The van der Waals surface area contributed by atoms with E-state index in [0.717, 1.165) is 11.3 Å². The predicted octanol–water partition coefficient (Wildman–Crippen LogP) is 4.51. The van der Waals surface area contributed by atoms with E-state index >= 15 is 0 Å². The minimum atomic E-state index is -0.431. The molecule has 0 radical (unpaired) electrons. The summed E-state index contributed by atoms with van der Waals surface area (Å²) in [5, 5.41) is 14.8. The molecule has 0 aliphatic rings. The van der Waals surface area contributed by atoms with Gasteiger partial charge in [-0.2, -0.15) is 0 Å². The molecule has 4 nitrogen and oxygen atoms in total. The average molecular weight is 297 g/mol. The minimum absolute atomic E-state index is 0.0649. The molecule has 0 atom stereocenters. The van der Waals surface area contributed by atoms with Gasteiger partial charge in [0.1, 0.15) is 0 Å². The number of nitrogens with zero attached hydrogens (tertiary/aromatic N) is 1. The fourth-order valence-corrected chi connectivity index (χ4v) is 2.04. The van der Waals surface area contributed by atoms with Gasteiger partial charge >= 0.3 is 0 Å². The second-order valence-electron chi connectivity index (χ2n) is 3.89. The van der Waals surface area contributed by atoms with Crippen molar-refractivity contribution < 1.29 is 4.92 Å². The third-order valence-corrected chi connectivity index (χ3v) is 3.16. The van der Waals surface area contributed by atoms with Crippen molar-refractivity contribution in [3.63, 3.8) is 0 Å². The molecule has 0 heterocycles. The van der Waals surface area contributed by atoms with E-state index in [1.54, 1.807) is 24.3 Å². The number of nitro benzene ring substituents is 1. The van der Waals surface area contributed by atoms with Gasteiger partial charge in [-0.1, -0.05) is 29.3 Å². The Labute approximate surface area is 120 Å². The molecule has 0 amide bonds.